The van der Waals surface area contributed by atoms with Gasteiger partial charge in [0.15, 0.2) is 0 Å². The van der Waals surface area contributed by atoms with Gasteiger partial charge in [-0.15, -0.1) is 11.3 Å². The Balaban J connectivity index is 1.30. The first kappa shape index (κ1) is 24.8. The topological polar surface area (TPSA) is 97.4 Å². The number of benzene rings is 1. The van der Waals surface area contributed by atoms with Gasteiger partial charge in [0, 0.05) is 47.5 Å². The van der Waals surface area contributed by atoms with Gasteiger partial charge in [-0.2, -0.15) is 0 Å². The highest BCUT2D eigenvalue weighted by Gasteiger charge is 2.25. The summed E-state index contributed by atoms with van der Waals surface area (Å²) in [5, 5.41) is 12.8. The fourth-order valence-electron chi connectivity index (χ4n) is 3.84. The van der Waals surface area contributed by atoms with Gasteiger partial charge in [-0.3, -0.25) is 5.32 Å². The molecule has 188 valence electrons. The maximum atomic E-state index is 11.7. The second kappa shape index (κ2) is 11.5. The van der Waals surface area contributed by atoms with E-state index in [2.05, 4.69) is 32.8 Å². The van der Waals surface area contributed by atoms with E-state index in [-0.39, 0.29) is 12.1 Å². The fraction of sp³-hybridized carbons (Fsp3) is 0.222. The van der Waals surface area contributed by atoms with Crippen LogP contribution in [0.25, 0.3) is 10.1 Å². The van der Waals surface area contributed by atoms with Gasteiger partial charge in [0.05, 0.1) is 11.1 Å². The van der Waals surface area contributed by atoms with Crippen LogP contribution in [0.5, 0.6) is 11.6 Å². The van der Waals surface area contributed by atoms with Crippen LogP contribution >= 0.6 is 22.9 Å². The summed E-state index contributed by atoms with van der Waals surface area (Å²) in [5.41, 5.74) is 1.42. The average molecular weight is 534 g/mol. The average Bonchev–Trinajstić information content (AvgIpc) is 3.55. The van der Waals surface area contributed by atoms with Crippen LogP contribution in [0.3, 0.4) is 0 Å². The summed E-state index contributed by atoms with van der Waals surface area (Å²) in [6, 6.07) is 14.8. The zero-order valence-electron chi connectivity index (χ0n) is 20.0. The molecule has 3 aromatic heterocycles. The molecular formula is C27H24ClN5O3S. The molecule has 0 unspecified atom stereocenters. The van der Waals surface area contributed by atoms with Crippen molar-refractivity contribution in [2.75, 3.05) is 18.4 Å². The molecule has 1 aromatic carbocycles. The van der Waals surface area contributed by atoms with Crippen molar-refractivity contribution in [3.8, 4) is 23.5 Å². The Morgan fingerprint density at radius 2 is 2.19 bits per heavy atom. The second-order valence-corrected chi connectivity index (χ2v) is 9.61. The lowest BCUT2D eigenvalue weighted by molar-refractivity contribution is 0.107. The molecule has 10 heteroatoms. The standard InChI is InChI=1S/C27H24ClN5O3S/c1-2-29-27(34)35-20-13-17(31-16-20)6-7-19-15-24-21(10-12-37-24)26(33-19)32-18-8-9-23(22(28)14-18)36-25-5-3-4-11-30-25/h3-5,8-12,14-15,17,20,31H,2,13,16H2,1H3,(H,29,34)(H,32,33)/t17-,20-/m0/s1. The number of nitrogens with zero attached hydrogens (tertiary/aromatic N) is 2. The lowest BCUT2D eigenvalue weighted by Gasteiger charge is -2.11. The number of nitrogens with one attached hydrogen (secondary N) is 3. The largest absolute Gasteiger partial charge is 0.445 e. The van der Waals surface area contributed by atoms with E-state index in [1.54, 1.807) is 35.7 Å². The normalized spacial score (nSPS) is 16.6. The molecule has 0 aliphatic carbocycles. The first-order valence-corrected chi connectivity index (χ1v) is 13.1. The summed E-state index contributed by atoms with van der Waals surface area (Å²) in [7, 11) is 0. The number of pyridine rings is 2. The first-order chi connectivity index (χ1) is 18.1. The summed E-state index contributed by atoms with van der Waals surface area (Å²) < 4.78 is 12.2. The molecule has 1 fully saturated rings. The van der Waals surface area contributed by atoms with Crippen molar-refractivity contribution in [1.29, 1.82) is 0 Å². The van der Waals surface area contributed by atoms with Crippen molar-refractivity contribution in [3.05, 3.63) is 70.8 Å². The van der Waals surface area contributed by atoms with Crippen molar-refractivity contribution in [2.45, 2.75) is 25.5 Å². The molecule has 8 nitrogen and oxygen atoms in total. The van der Waals surface area contributed by atoms with Crippen LogP contribution in [0.1, 0.15) is 19.0 Å². The number of ether oxygens (including phenoxy) is 2. The van der Waals surface area contributed by atoms with Crippen LogP contribution < -0.4 is 20.7 Å². The number of thiophene rings is 1. The quantitative estimate of drug-likeness (QED) is 0.273. The second-order valence-electron chi connectivity index (χ2n) is 8.25. The molecular weight excluding hydrogens is 510 g/mol. The summed E-state index contributed by atoms with van der Waals surface area (Å²) in [5.74, 6) is 8.06. The Hall–Kier alpha value is -3.84. The predicted octanol–water partition coefficient (Wildman–Crippen LogP) is 5.71. The maximum absolute atomic E-state index is 11.7. The Morgan fingerprint density at radius 3 is 3.00 bits per heavy atom. The molecule has 4 heterocycles. The minimum atomic E-state index is -0.403. The Morgan fingerprint density at radius 1 is 1.27 bits per heavy atom. The molecule has 1 amide bonds. The first-order valence-electron chi connectivity index (χ1n) is 11.8. The number of carbonyl (C=O) groups is 1. The number of amides is 1. The molecule has 0 bridgehead atoms. The van der Waals surface area contributed by atoms with Gasteiger partial charge in [-0.1, -0.05) is 23.6 Å². The molecule has 4 aromatic rings. The van der Waals surface area contributed by atoms with Gasteiger partial charge in [0.1, 0.15) is 23.4 Å². The van der Waals surface area contributed by atoms with Gasteiger partial charge in [0.2, 0.25) is 5.88 Å². The third kappa shape index (κ3) is 6.30. The van der Waals surface area contributed by atoms with Crippen molar-refractivity contribution >= 4 is 50.6 Å². The monoisotopic (exact) mass is 533 g/mol. The van der Waals surface area contributed by atoms with E-state index in [1.807, 2.05) is 42.6 Å². The molecule has 2 atom stereocenters. The zero-order chi connectivity index (χ0) is 25.6. The van der Waals surface area contributed by atoms with Crippen LogP contribution in [0.2, 0.25) is 5.02 Å². The summed E-state index contributed by atoms with van der Waals surface area (Å²) in [6.45, 7) is 2.96. The minimum Gasteiger partial charge on any atom is -0.445 e. The molecule has 0 saturated carbocycles. The number of alkyl carbamates (subject to hydrolysis) is 1. The lowest BCUT2D eigenvalue weighted by Crippen LogP contribution is -2.29. The highest BCUT2D eigenvalue weighted by molar-refractivity contribution is 7.17. The van der Waals surface area contributed by atoms with E-state index < -0.39 is 6.09 Å². The SMILES string of the molecule is CCNC(=O)O[C@@H]1CN[C@@H](C#Cc2cc3sccc3c(Nc3ccc(Oc4ccccn4)c(Cl)c3)n2)C1. The van der Waals surface area contributed by atoms with Gasteiger partial charge in [-0.05, 0) is 54.6 Å². The Labute approximate surface area is 223 Å². The van der Waals surface area contributed by atoms with Crippen molar-refractivity contribution in [2.24, 2.45) is 0 Å². The molecule has 0 radical (unpaired) electrons. The predicted molar refractivity (Wildman–Crippen MR) is 146 cm³/mol. The number of fused-ring (bicyclic) bond motifs is 1. The van der Waals surface area contributed by atoms with E-state index >= 15 is 0 Å². The number of carbonyl (C=O) groups excluding carboxylic acids is 1. The van der Waals surface area contributed by atoms with E-state index in [0.717, 1.165) is 15.8 Å². The van der Waals surface area contributed by atoms with Crippen LogP contribution in [0.15, 0.2) is 60.1 Å². The van der Waals surface area contributed by atoms with Gasteiger partial charge >= 0.3 is 6.09 Å². The highest BCUT2D eigenvalue weighted by atomic mass is 35.5. The van der Waals surface area contributed by atoms with Crippen molar-refractivity contribution in [1.82, 2.24) is 20.6 Å². The van der Waals surface area contributed by atoms with E-state index in [1.165, 1.54) is 0 Å². The highest BCUT2D eigenvalue weighted by Crippen LogP contribution is 2.34. The molecule has 0 spiro atoms. The molecule has 1 saturated heterocycles. The van der Waals surface area contributed by atoms with Crippen molar-refractivity contribution < 1.29 is 14.3 Å². The van der Waals surface area contributed by atoms with Crippen molar-refractivity contribution in [3.63, 3.8) is 0 Å². The zero-order valence-corrected chi connectivity index (χ0v) is 21.5. The number of anilines is 2. The Bertz CT molecular complexity index is 1470. The van der Waals surface area contributed by atoms with E-state index in [4.69, 9.17) is 26.1 Å². The van der Waals surface area contributed by atoms with Gasteiger partial charge in [-0.25, -0.2) is 14.8 Å². The molecule has 5 rings (SSSR count). The van der Waals surface area contributed by atoms with E-state index in [9.17, 15) is 4.79 Å². The summed E-state index contributed by atoms with van der Waals surface area (Å²) in [6.07, 6.45) is 1.68. The third-order valence-electron chi connectivity index (χ3n) is 5.56. The van der Waals surface area contributed by atoms with Gasteiger partial charge < -0.3 is 20.1 Å². The molecule has 37 heavy (non-hydrogen) atoms. The fourth-order valence-corrected chi connectivity index (χ4v) is 4.89. The third-order valence-corrected chi connectivity index (χ3v) is 6.72. The minimum absolute atomic E-state index is 0.0814. The van der Waals surface area contributed by atoms with Crippen LogP contribution in [0.4, 0.5) is 16.3 Å². The smallest absolute Gasteiger partial charge is 0.407 e. The number of halogens is 1. The van der Waals surface area contributed by atoms with Gasteiger partial charge in [0.25, 0.3) is 0 Å². The lowest BCUT2D eigenvalue weighted by atomic mass is 10.2. The number of aromatic nitrogens is 2. The molecule has 1 aliphatic rings. The maximum Gasteiger partial charge on any atom is 0.407 e. The Kier molecular flexibility index (Phi) is 7.70. The van der Waals surface area contributed by atoms with Crippen LogP contribution in [-0.2, 0) is 4.74 Å². The number of hydrogen-bond donors (Lipinski definition) is 3. The summed E-state index contributed by atoms with van der Waals surface area (Å²) >= 11 is 8.10. The molecule has 1 aliphatic heterocycles. The van der Waals surface area contributed by atoms with E-state index in [0.29, 0.717) is 47.7 Å². The molecule has 3 N–H and O–H groups in total. The number of rotatable bonds is 6. The number of hydrogen-bond acceptors (Lipinski definition) is 8. The van der Waals surface area contributed by atoms with Crippen LogP contribution in [-0.4, -0.2) is 41.3 Å². The summed E-state index contributed by atoms with van der Waals surface area (Å²) in [4.78, 5) is 20.6. The van der Waals surface area contributed by atoms with Crippen LogP contribution in [0, 0.1) is 11.8 Å².